The first-order valence-electron chi connectivity index (χ1n) is 7.72. The van der Waals surface area contributed by atoms with Gasteiger partial charge in [-0.15, -0.1) is 0 Å². The van der Waals surface area contributed by atoms with E-state index < -0.39 is 5.82 Å². The SMILES string of the molecule is Oc1ccc(NC2CCCC2C2CCCCN2)cc1F. The number of aromatic hydroxyl groups is 1. The normalized spacial score (nSPS) is 30.4. The van der Waals surface area contributed by atoms with Crippen molar-refractivity contribution < 1.29 is 9.50 Å². The Bertz CT molecular complexity index is 460. The molecule has 110 valence electrons. The van der Waals surface area contributed by atoms with E-state index in [0.29, 0.717) is 18.0 Å². The van der Waals surface area contributed by atoms with Crippen LogP contribution in [-0.4, -0.2) is 23.7 Å². The minimum atomic E-state index is -0.555. The molecule has 3 nitrogen and oxygen atoms in total. The lowest BCUT2D eigenvalue weighted by Crippen LogP contribution is -2.44. The number of piperidine rings is 1. The molecule has 2 fully saturated rings. The zero-order valence-corrected chi connectivity index (χ0v) is 11.7. The summed E-state index contributed by atoms with van der Waals surface area (Å²) >= 11 is 0. The fourth-order valence-corrected chi connectivity index (χ4v) is 3.70. The van der Waals surface area contributed by atoms with Crippen LogP contribution in [0.25, 0.3) is 0 Å². The summed E-state index contributed by atoms with van der Waals surface area (Å²) in [6, 6.07) is 5.57. The van der Waals surface area contributed by atoms with Gasteiger partial charge in [0, 0.05) is 23.8 Å². The maximum Gasteiger partial charge on any atom is 0.166 e. The van der Waals surface area contributed by atoms with Gasteiger partial charge in [0.1, 0.15) is 0 Å². The molecule has 2 aliphatic rings. The van der Waals surface area contributed by atoms with E-state index in [1.54, 1.807) is 6.07 Å². The number of phenols is 1. The number of nitrogens with one attached hydrogen (secondary N) is 2. The first kappa shape index (κ1) is 13.7. The van der Waals surface area contributed by atoms with Gasteiger partial charge in [-0.25, -0.2) is 4.39 Å². The average Bonchev–Trinajstić information content (AvgIpc) is 2.92. The van der Waals surface area contributed by atoms with Gasteiger partial charge in [0.25, 0.3) is 0 Å². The molecule has 1 saturated heterocycles. The van der Waals surface area contributed by atoms with Crippen LogP contribution < -0.4 is 10.6 Å². The fraction of sp³-hybridized carbons (Fsp3) is 0.625. The van der Waals surface area contributed by atoms with E-state index in [1.165, 1.54) is 44.2 Å². The summed E-state index contributed by atoms with van der Waals surface area (Å²) in [6.45, 7) is 1.13. The van der Waals surface area contributed by atoms with Crippen LogP contribution in [0.4, 0.5) is 10.1 Å². The number of hydrogen-bond donors (Lipinski definition) is 3. The monoisotopic (exact) mass is 278 g/mol. The Hall–Kier alpha value is -1.29. The summed E-state index contributed by atoms with van der Waals surface area (Å²) in [5, 5.41) is 16.4. The Labute approximate surface area is 119 Å². The highest BCUT2D eigenvalue weighted by atomic mass is 19.1. The highest BCUT2D eigenvalue weighted by molar-refractivity contribution is 5.48. The molecule has 20 heavy (non-hydrogen) atoms. The van der Waals surface area contributed by atoms with E-state index in [2.05, 4.69) is 10.6 Å². The van der Waals surface area contributed by atoms with Crippen molar-refractivity contribution >= 4 is 5.69 Å². The predicted molar refractivity (Wildman–Crippen MR) is 78.5 cm³/mol. The second-order valence-electron chi connectivity index (χ2n) is 6.07. The Morgan fingerprint density at radius 1 is 1.15 bits per heavy atom. The van der Waals surface area contributed by atoms with Crippen molar-refractivity contribution in [3.8, 4) is 5.75 Å². The molecule has 3 atom stereocenters. The second-order valence-corrected chi connectivity index (χ2v) is 6.07. The third kappa shape index (κ3) is 2.90. The Balaban J connectivity index is 1.67. The van der Waals surface area contributed by atoms with Gasteiger partial charge < -0.3 is 15.7 Å². The molecular weight excluding hydrogens is 255 g/mol. The number of anilines is 1. The van der Waals surface area contributed by atoms with Crippen LogP contribution >= 0.6 is 0 Å². The molecule has 3 unspecified atom stereocenters. The van der Waals surface area contributed by atoms with Crippen LogP contribution in [0.1, 0.15) is 38.5 Å². The maximum atomic E-state index is 13.4. The first-order valence-corrected chi connectivity index (χ1v) is 7.72. The minimum Gasteiger partial charge on any atom is -0.505 e. The molecule has 3 N–H and O–H groups in total. The smallest absolute Gasteiger partial charge is 0.166 e. The zero-order valence-electron chi connectivity index (χ0n) is 11.7. The van der Waals surface area contributed by atoms with E-state index in [0.717, 1.165) is 18.7 Å². The van der Waals surface area contributed by atoms with Crippen molar-refractivity contribution in [3.05, 3.63) is 24.0 Å². The molecular formula is C16H23FN2O. The van der Waals surface area contributed by atoms with Gasteiger partial charge in [0.15, 0.2) is 11.6 Å². The molecule has 0 radical (unpaired) electrons. The summed E-state index contributed by atoms with van der Waals surface area (Å²) in [7, 11) is 0. The molecule has 1 saturated carbocycles. The number of halogens is 1. The fourth-order valence-electron chi connectivity index (χ4n) is 3.70. The molecule has 0 bridgehead atoms. The molecule has 1 heterocycles. The Morgan fingerprint density at radius 2 is 2.05 bits per heavy atom. The van der Waals surface area contributed by atoms with Crippen molar-refractivity contribution in [1.82, 2.24) is 5.32 Å². The number of benzene rings is 1. The van der Waals surface area contributed by atoms with Gasteiger partial charge in [-0.3, -0.25) is 0 Å². The largest absolute Gasteiger partial charge is 0.505 e. The standard InChI is InChI=1S/C16H23FN2O/c17-13-10-11(7-8-16(13)20)19-15-6-3-4-12(15)14-5-1-2-9-18-14/h7-8,10,12,14-15,18-20H,1-6,9H2. The predicted octanol–water partition coefficient (Wildman–Crippen LogP) is 3.25. The van der Waals surface area contributed by atoms with E-state index in [4.69, 9.17) is 0 Å². The Morgan fingerprint density at radius 3 is 2.80 bits per heavy atom. The van der Waals surface area contributed by atoms with Gasteiger partial charge in [0.2, 0.25) is 0 Å². The zero-order chi connectivity index (χ0) is 13.9. The van der Waals surface area contributed by atoms with Gasteiger partial charge in [0.05, 0.1) is 0 Å². The molecule has 4 heteroatoms. The van der Waals surface area contributed by atoms with Gasteiger partial charge in [-0.1, -0.05) is 12.8 Å². The molecule has 0 aromatic heterocycles. The summed E-state index contributed by atoms with van der Waals surface area (Å²) in [6.07, 6.45) is 7.48. The molecule has 1 aliphatic carbocycles. The van der Waals surface area contributed by atoms with Gasteiger partial charge >= 0.3 is 0 Å². The number of rotatable bonds is 3. The van der Waals surface area contributed by atoms with Crippen molar-refractivity contribution in [2.24, 2.45) is 5.92 Å². The third-order valence-electron chi connectivity index (χ3n) is 4.73. The molecule has 0 amide bonds. The van der Waals surface area contributed by atoms with Crippen LogP contribution in [-0.2, 0) is 0 Å². The molecule has 0 spiro atoms. The highest BCUT2D eigenvalue weighted by Crippen LogP contribution is 2.34. The number of phenolic OH excluding ortho intramolecular Hbond substituents is 1. The van der Waals surface area contributed by atoms with Crippen LogP contribution in [0.2, 0.25) is 0 Å². The summed E-state index contributed by atoms with van der Waals surface area (Å²) in [5.74, 6) is -0.208. The lowest BCUT2D eigenvalue weighted by atomic mass is 9.88. The third-order valence-corrected chi connectivity index (χ3v) is 4.73. The van der Waals surface area contributed by atoms with Crippen molar-refractivity contribution in [2.45, 2.75) is 50.6 Å². The molecule has 1 aromatic carbocycles. The average molecular weight is 278 g/mol. The van der Waals surface area contributed by atoms with Gasteiger partial charge in [-0.05, 0) is 50.3 Å². The summed E-state index contributed by atoms with van der Waals surface area (Å²) in [4.78, 5) is 0. The molecule has 1 aliphatic heterocycles. The van der Waals surface area contributed by atoms with Crippen LogP contribution in [0.5, 0.6) is 5.75 Å². The van der Waals surface area contributed by atoms with Crippen LogP contribution in [0, 0.1) is 11.7 Å². The molecule has 3 rings (SSSR count). The lowest BCUT2D eigenvalue weighted by Gasteiger charge is -2.33. The lowest BCUT2D eigenvalue weighted by molar-refractivity contribution is 0.286. The quantitative estimate of drug-likeness (QED) is 0.744. The summed E-state index contributed by atoms with van der Waals surface area (Å²) < 4.78 is 13.4. The maximum absolute atomic E-state index is 13.4. The van der Waals surface area contributed by atoms with Crippen molar-refractivity contribution in [3.63, 3.8) is 0 Å². The van der Waals surface area contributed by atoms with Crippen LogP contribution in [0.3, 0.4) is 0 Å². The number of hydrogen-bond acceptors (Lipinski definition) is 3. The highest BCUT2D eigenvalue weighted by Gasteiger charge is 2.34. The van der Waals surface area contributed by atoms with Gasteiger partial charge in [-0.2, -0.15) is 0 Å². The van der Waals surface area contributed by atoms with E-state index in [-0.39, 0.29) is 5.75 Å². The second kappa shape index (κ2) is 6.00. The topological polar surface area (TPSA) is 44.3 Å². The Kier molecular flexibility index (Phi) is 4.10. The molecule has 1 aromatic rings. The minimum absolute atomic E-state index is 0.285. The van der Waals surface area contributed by atoms with E-state index >= 15 is 0 Å². The van der Waals surface area contributed by atoms with E-state index in [1.807, 2.05) is 0 Å². The first-order chi connectivity index (χ1) is 9.74. The van der Waals surface area contributed by atoms with Crippen molar-refractivity contribution in [2.75, 3.05) is 11.9 Å². The van der Waals surface area contributed by atoms with E-state index in [9.17, 15) is 9.50 Å². The summed E-state index contributed by atoms with van der Waals surface area (Å²) in [5.41, 5.74) is 0.771. The van der Waals surface area contributed by atoms with Crippen LogP contribution in [0.15, 0.2) is 18.2 Å². The van der Waals surface area contributed by atoms with Crippen molar-refractivity contribution in [1.29, 1.82) is 0 Å².